The number of para-hydroxylation sites is 1. The Morgan fingerprint density at radius 2 is 1.59 bits per heavy atom. The SMILES string of the molecule is CC(C)(C)CC(C)(C)N1CC=C[C@]23S[C@]4(C)C=CCN(c5ccccc5)C(=O)[C@@H]4[C@H]2C(=O)N(CCCCO)C3C1=O. The van der Waals surface area contributed by atoms with Crippen LogP contribution in [0.15, 0.2) is 54.6 Å². The van der Waals surface area contributed by atoms with E-state index in [0.29, 0.717) is 32.5 Å². The molecule has 0 bridgehead atoms. The molecule has 2 fully saturated rings. The lowest BCUT2D eigenvalue weighted by molar-refractivity contribution is -0.146. The minimum atomic E-state index is -0.862. The van der Waals surface area contributed by atoms with E-state index in [1.807, 2.05) is 41.3 Å². The highest BCUT2D eigenvalue weighted by molar-refractivity contribution is 8.02. The van der Waals surface area contributed by atoms with Gasteiger partial charge in [-0.3, -0.25) is 14.4 Å². The largest absolute Gasteiger partial charge is 0.396 e. The van der Waals surface area contributed by atoms with Gasteiger partial charge < -0.3 is 19.8 Å². The predicted octanol–water partition coefficient (Wildman–Crippen LogP) is 4.66. The number of likely N-dealkylation sites (tertiary alicyclic amines) is 1. The summed E-state index contributed by atoms with van der Waals surface area (Å²) in [6.07, 6.45) is 10.2. The number of unbranched alkanes of at least 4 members (excludes halogenated alkanes) is 1. The maximum atomic E-state index is 14.7. The van der Waals surface area contributed by atoms with E-state index in [0.717, 1.165) is 12.1 Å². The van der Waals surface area contributed by atoms with Crippen molar-refractivity contribution in [2.45, 2.75) is 81.9 Å². The summed E-state index contributed by atoms with van der Waals surface area (Å²) in [7, 11) is 0. The van der Waals surface area contributed by atoms with Crippen LogP contribution in [-0.4, -0.2) is 79.9 Å². The van der Waals surface area contributed by atoms with Crippen LogP contribution in [0.4, 0.5) is 5.69 Å². The number of nitrogens with zero attached hydrogens (tertiary/aromatic N) is 3. The molecule has 4 aliphatic rings. The third kappa shape index (κ3) is 5.05. The Morgan fingerprint density at radius 1 is 0.902 bits per heavy atom. The number of carbonyl (C=O) groups excluding carboxylic acids is 3. The van der Waals surface area contributed by atoms with Crippen LogP contribution in [0.5, 0.6) is 0 Å². The lowest BCUT2D eigenvalue weighted by Gasteiger charge is -2.44. The first-order chi connectivity index (χ1) is 19.3. The molecule has 7 nitrogen and oxygen atoms in total. The number of hydrogen-bond acceptors (Lipinski definition) is 5. The molecule has 8 heteroatoms. The van der Waals surface area contributed by atoms with E-state index < -0.39 is 32.9 Å². The highest BCUT2D eigenvalue weighted by Crippen LogP contribution is 2.65. The summed E-state index contributed by atoms with van der Waals surface area (Å²) in [4.78, 5) is 49.2. The molecule has 1 spiro atoms. The maximum Gasteiger partial charge on any atom is 0.247 e. The lowest BCUT2D eigenvalue weighted by atomic mass is 9.74. The molecule has 0 radical (unpaired) electrons. The van der Waals surface area contributed by atoms with Crippen molar-refractivity contribution in [3.63, 3.8) is 0 Å². The van der Waals surface area contributed by atoms with Crippen molar-refractivity contribution in [3.8, 4) is 0 Å². The third-order valence-electron chi connectivity index (χ3n) is 9.13. The average Bonchev–Trinajstić information content (AvgIpc) is 3.14. The number of carbonyl (C=O) groups is 3. The van der Waals surface area contributed by atoms with Crippen molar-refractivity contribution >= 4 is 35.2 Å². The number of rotatable bonds is 7. The Labute approximate surface area is 249 Å². The van der Waals surface area contributed by atoms with Gasteiger partial charge in [0.25, 0.3) is 0 Å². The van der Waals surface area contributed by atoms with Crippen molar-refractivity contribution in [1.29, 1.82) is 0 Å². The highest BCUT2D eigenvalue weighted by Gasteiger charge is 2.74. The van der Waals surface area contributed by atoms with Crippen molar-refractivity contribution in [1.82, 2.24) is 9.80 Å². The van der Waals surface area contributed by atoms with Crippen molar-refractivity contribution in [2.24, 2.45) is 17.3 Å². The highest BCUT2D eigenvalue weighted by atomic mass is 32.2. The molecule has 5 rings (SSSR count). The van der Waals surface area contributed by atoms with Crippen LogP contribution in [0, 0.1) is 17.3 Å². The van der Waals surface area contributed by atoms with E-state index in [-0.39, 0.29) is 29.7 Å². The number of fused-ring (bicyclic) bond motifs is 2. The summed E-state index contributed by atoms with van der Waals surface area (Å²) in [6.45, 7) is 14.2. The lowest BCUT2D eigenvalue weighted by Crippen LogP contribution is -2.58. The van der Waals surface area contributed by atoms with E-state index in [1.165, 1.54) is 0 Å². The number of anilines is 1. The monoisotopic (exact) mass is 579 g/mol. The second-order valence-corrected chi connectivity index (χ2v) is 15.8. The number of benzene rings is 1. The second-order valence-electron chi connectivity index (χ2n) is 14.0. The van der Waals surface area contributed by atoms with Crippen LogP contribution >= 0.6 is 11.8 Å². The molecule has 4 heterocycles. The van der Waals surface area contributed by atoms with Gasteiger partial charge in [-0.05, 0) is 57.6 Å². The minimum Gasteiger partial charge on any atom is -0.396 e. The number of hydrogen-bond donors (Lipinski definition) is 1. The van der Waals surface area contributed by atoms with Crippen molar-refractivity contribution < 1.29 is 19.5 Å². The van der Waals surface area contributed by atoms with Gasteiger partial charge in [-0.1, -0.05) is 63.3 Å². The molecule has 0 aliphatic carbocycles. The van der Waals surface area contributed by atoms with Gasteiger partial charge in [0, 0.05) is 42.2 Å². The molecule has 222 valence electrons. The van der Waals surface area contributed by atoms with E-state index in [1.54, 1.807) is 21.6 Å². The molecule has 41 heavy (non-hydrogen) atoms. The number of thioether (sulfide) groups is 1. The number of amides is 3. The molecule has 3 amide bonds. The summed E-state index contributed by atoms with van der Waals surface area (Å²) in [5.41, 5.74) is 0.384. The molecule has 4 aliphatic heterocycles. The standard InChI is InChI=1S/C33H45N3O4S/c1-30(2,3)22-31(4,5)36-20-13-17-33-25(28(39)35(18-10-11-21-37)26(33)29(36)40)24-27(38)34(23-14-8-7-9-15-23)19-12-16-32(24,6)41-33/h7-9,12-17,24-26,37H,10-11,18-22H2,1-6H3/t24-,25-,26?,32+,33-/m0/s1. The molecular formula is C33H45N3O4S. The summed E-state index contributed by atoms with van der Waals surface area (Å²) in [6, 6.07) is 8.91. The van der Waals surface area contributed by atoms with Crippen LogP contribution in [0.2, 0.25) is 0 Å². The Balaban J connectivity index is 1.61. The summed E-state index contributed by atoms with van der Waals surface area (Å²) in [5.74, 6) is -1.52. The maximum absolute atomic E-state index is 14.7. The molecule has 1 aromatic rings. The normalized spacial score (nSPS) is 31.7. The van der Waals surface area contributed by atoms with E-state index in [4.69, 9.17) is 0 Å². The predicted molar refractivity (Wildman–Crippen MR) is 164 cm³/mol. The quantitative estimate of drug-likeness (QED) is 0.375. The van der Waals surface area contributed by atoms with Crippen LogP contribution in [-0.2, 0) is 14.4 Å². The molecule has 0 aromatic heterocycles. The summed E-state index contributed by atoms with van der Waals surface area (Å²) >= 11 is 1.62. The van der Waals surface area contributed by atoms with E-state index in [9.17, 15) is 19.5 Å². The molecule has 2 saturated heterocycles. The zero-order valence-corrected chi connectivity index (χ0v) is 26.1. The molecular weight excluding hydrogens is 534 g/mol. The Bertz CT molecular complexity index is 1250. The zero-order valence-electron chi connectivity index (χ0n) is 25.3. The first-order valence-corrected chi connectivity index (χ1v) is 15.7. The van der Waals surface area contributed by atoms with Gasteiger partial charge in [-0.25, -0.2) is 0 Å². The fourth-order valence-corrected chi connectivity index (χ4v) is 10.1. The van der Waals surface area contributed by atoms with Crippen molar-refractivity contribution in [3.05, 3.63) is 54.6 Å². The van der Waals surface area contributed by atoms with Gasteiger partial charge in [-0.2, -0.15) is 0 Å². The van der Waals surface area contributed by atoms with Gasteiger partial charge in [0.05, 0.1) is 16.6 Å². The third-order valence-corrected chi connectivity index (χ3v) is 10.9. The zero-order chi connectivity index (χ0) is 29.8. The van der Waals surface area contributed by atoms with Gasteiger partial charge in [0.15, 0.2) is 0 Å². The van der Waals surface area contributed by atoms with Gasteiger partial charge in [-0.15, -0.1) is 11.8 Å². The number of aliphatic hydroxyl groups is 1. The van der Waals surface area contributed by atoms with Gasteiger partial charge in [0.2, 0.25) is 17.7 Å². The van der Waals surface area contributed by atoms with E-state index >= 15 is 0 Å². The topological polar surface area (TPSA) is 81.2 Å². The molecule has 5 atom stereocenters. The van der Waals surface area contributed by atoms with E-state index in [2.05, 4.69) is 59.8 Å². The first-order valence-electron chi connectivity index (χ1n) is 14.9. The van der Waals surface area contributed by atoms with Crippen LogP contribution in [0.3, 0.4) is 0 Å². The van der Waals surface area contributed by atoms with Gasteiger partial charge in [0.1, 0.15) is 6.04 Å². The molecule has 1 aromatic carbocycles. The fraction of sp³-hybridized carbons (Fsp3) is 0.606. The second kappa shape index (κ2) is 10.6. The molecule has 1 unspecified atom stereocenters. The summed E-state index contributed by atoms with van der Waals surface area (Å²) < 4.78 is -1.50. The average molecular weight is 580 g/mol. The summed E-state index contributed by atoms with van der Waals surface area (Å²) in [5, 5.41) is 9.49. The fourth-order valence-electron chi connectivity index (χ4n) is 7.93. The smallest absolute Gasteiger partial charge is 0.247 e. The van der Waals surface area contributed by atoms with Crippen LogP contribution in [0.25, 0.3) is 0 Å². The first kappa shape index (κ1) is 29.9. The Kier molecular flexibility index (Phi) is 7.73. The van der Waals surface area contributed by atoms with Crippen molar-refractivity contribution in [2.75, 3.05) is 31.1 Å². The molecule has 1 N–H and O–H groups in total. The Morgan fingerprint density at radius 3 is 2.24 bits per heavy atom. The number of aliphatic hydroxyl groups excluding tert-OH is 1. The Hall–Kier alpha value is -2.58. The minimum absolute atomic E-state index is 0.00716. The van der Waals surface area contributed by atoms with Crippen LogP contribution in [0.1, 0.15) is 60.8 Å². The van der Waals surface area contributed by atoms with Crippen LogP contribution < -0.4 is 4.90 Å². The van der Waals surface area contributed by atoms with Gasteiger partial charge >= 0.3 is 0 Å². The molecule has 0 saturated carbocycles.